The Bertz CT molecular complexity index is 970. The van der Waals surface area contributed by atoms with Crippen LogP contribution in [-0.4, -0.2) is 53.5 Å². The Balaban J connectivity index is 1.35. The van der Waals surface area contributed by atoms with E-state index >= 15 is 0 Å². The first-order valence-electron chi connectivity index (χ1n) is 9.66. The molecule has 6 nitrogen and oxygen atoms in total. The molecule has 0 saturated carbocycles. The van der Waals surface area contributed by atoms with E-state index < -0.39 is 0 Å². The van der Waals surface area contributed by atoms with Crippen LogP contribution < -0.4 is 10.2 Å². The molecule has 1 fully saturated rings. The molecule has 0 spiro atoms. The molecule has 1 saturated heterocycles. The molecule has 1 aliphatic heterocycles. The summed E-state index contributed by atoms with van der Waals surface area (Å²) in [6, 6.07) is 16.1. The number of anilines is 2. The van der Waals surface area contributed by atoms with Crippen molar-refractivity contribution in [2.45, 2.75) is 13.8 Å². The van der Waals surface area contributed by atoms with Gasteiger partial charge in [0.05, 0.1) is 6.54 Å². The summed E-state index contributed by atoms with van der Waals surface area (Å²) in [7, 11) is 0. The number of benzene rings is 2. The van der Waals surface area contributed by atoms with Crippen LogP contribution in [0.5, 0.6) is 0 Å². The highest BCUT2D eigenvalue weighted by Gasteiger charge is 2.20. The maximum absolute atomic E-state index is 12.6. The van der Waals surface area contributed by atoms with Gasteiger partial charge < -0.3 is 10.2 Å². The predicted octanol–water partition coefficient (Wildman–Crippen LogP) is 3.01. The average molecular weight is 375 g/mol. The van der Waals surface area contributed by atoms with Crippen LogP contribution in [0.2, 0.25) is 0 Å². The van der Waals surface area contributed by atoms with E-state index in [2.05, 4.69) is 37.2 Å². The lowest BCUT2D eigenvalue weighted by Crippen LogP contribution is -2.49. The molecule has 3 aromatic rings. The molecular weight excluding hydrogens is 350 g/mol. The highest BCUT2D eigenvalue weighted by Crippen LogP contribution is 2.23. The van der Waals surface area contributed by atoms with Gasteiger partial charge >= 0.3 is 0 Å². The van der Waals surface area contributed by atoms with Crippen molar-refractivity contribution >= 4 is 28.2 Å². The molecule has 4 rings (SSSR count). The second-order valence-corrected chi connectivity index (χ2v) is 7.25. The van der Waals surface area contributed by atoms with Crippen molar-refractivity contribution in [3.05, 3.63) is 60.0 Å². The second kappa shape index (κ2) is 7.94. The van der Waals surface area contributed by atoms with Crippen LogP contribution in [0.25, 0.3) is 10.8 Å². The molecular formula is C22H25N5O. The molecule has 0 atom stereocenters. The zero-order valence-electron chi connectivity index (χ0n) is 16.4. The third kappa shape index (κ3) is 4.12. The normalized spacial score (nSPS) is 15.0. The van der Waals surface area contributed by atoms with Gasteiger partial charge in [0.15, 0.2) is 0 Å². The van der Waals surface area contributed by atoms with E-state index in [1.807, 2.05) is 50.2 Å². The van der Waals surface area contributed by atoms with Gasteiger partial charge in [0, 0.05) is 49.0 Å². The zero-order chi connectivity index (χ0) is 19.5. The van der Waals surface area contributed by atoms with Gasteiger partial charge in [-0.25, -0.2) is 9.97 Å². The SMILES string of the molecule is Cc1cc(N2CCN(CC(=O)Nc3cccc4ccccc34)CC2)nc(C)n1. The number of aromatic nitrogens is 2. The number of amides is 1. The molecule has 1 aromatic heterocycles. The second-order valence-electron chi connectivity index (χ2n) is 7.25. The van der Waals surface area contributed by atoms with E-state index in [-0.39, 0.29) is 5.91 Å². The number of aryl methyl sites for hydroxylation is 2. The maximum atomic E-state index is 12.6. The van der Waals surface area contributed by atoms with Crippen LogP contribution in [0.15, 0.2) is 48.5 Å². The number of carbonyl (C=O) groups excluding carboxylic acids is 1. The van der Waals surface area contributed by atoms with Gasteiger partial charge in [-0.2, -0.15) is 0 Å². The Kier molecular flexibility index (Phi) is 5.21. The van der Waals surface area contributed by atoms with E-state index in [4.69, 9.17) is 0 Å². The van der Waals surface area contributed by atoms with Crippen molar-refractivity contribution in [2.24, 2.45) is 0 Å². The van der Waals surface area contributed by atoms with Crippen LogP contribution >= 0.6 is 0 Å². The van der Waals surface area contributed by atoms with Crippen molar-refractivity contribution in [3.63, 3.8) is 0 Å². The molecule has 1 amide bonds. The molecule has 1 aliphatic rings. The van der Waals surface area contributed by atoms with Gasteiger partial charge in [-0.1, -0.05) is 36.4 Å². The smallest absolute Gasteiger partial charge is 0.238 e. The molecule has 2 heterocycles. The van der Waals surface area contributed by atoms with Crippen LogP contribution in [0.3, 0.4) is 0 Å². The van der Waals surface area contributed by atoms with E-state index in [0.29, 0.717) is 6.54 Å². The third-order valence-electron chi connectivity index (χ3n) is 5.08. The molecule has 6 heteroatoms. The molecule has 0 radical (unpaired) electrons. The molecule has 28 heavy (non-hydrogen) atoms. The first kappa shape index (κ1) is 18.4. The molecule has 0 bridgehead atoms. The van der Waals surface area contributed by atoms with Crippen molar-refractivity contribution in [1.29, 1.82) is 0 Å². The lowest BCUT2D eigenvalue weighted by atomic mass is 10.1. The van der Waals surface area contributed by atoms with Crippen LogP contribution in [0.4, 0.5) is 11.5 Å². The van der Waals surface area contributed by atoms with Gasteiger partial charge in [0.25, 0.3) is 0 Å². The number of fused-ring (bicyclic) bond motifs is 1. The average Bonchev–Trinajstić information content (AvgIpc) is 2.68. The number of rotatable bonds is 4. The Labute approximate surface area is 165 Å². The van der Waals surface area contributed by atoms with Gasteiger partial charge in [0.2, 0.25) is 5.91 Å². The highest BCUT2D eigenvalue weighted by atomic mass is 16.2. The molecule has 2 aromatic carbocycles. The van der Waals surface area contributed by atoms with Crippen LogP contribution in [0.1, 0.15) is 11.5 Å². The van der Waals surface area contributed by atoms with Gasteiger partial charge in [-0.3, -0.25) is 9.69 Å². The van der Waals surface area contributed by atoms with Gasteiger partial charge in [0.1, 0.15) is 11.6 Å². The summed E-state index contributed by atoms with van der Waals surface area (Å²) in [5.41, 5.74) is 1.85. The van der Waals surface area contributed by atoms with Crippen LogP contribution in [-0.2, 0) is 4.79 Å². The van der Waals surface area contributed by atoms with Crippen molar-refractivity contribution in [2.75, 3.05) is 42.9 Å². The first-order chi connectivity index (χ1) is 13.6. The number of carbonyl (C=O) groups is 1. The minimum absolute atomic E-state index is 0.0264. The van der Waals surface area contributed by atoms with E-state index in [1.54, 1.807) is 0 Å². The Morgan fingerprint density at radius 3 is 2.54 bits per heavy atom. The quantitative estimate of drug-likeness (QED) is 0.760. The summed E-state index contributed by atoms with van der Waals surface area (Å²) in [5, 5.41) is 5.27. The molecule has 0 unspecified atom stereocenters. The lowest BCUT2D eigenvalue weighted by Gasteiger charge is -2.35. The minimum Gasteiger partial charge on any atom is -0.354 e. The number of nitrogens with one attached hydrogen (secondary N) is 1. The summed E-state index contributed by atoms with van der Waals surface area (Å²) in [4.78, 5) is 25.9. The fourth-order valence-corrected chi connectivity index (χ4v) is 3.72. The van der Waals surface area contributed by atoms with Gasteiger partial charge in [-0.05, 0) is 25.3 Å². The Morgan fingerprint density at radius 2 is 1.75 bits per heavy atom. The summed E-state index contributed by atoms with van der Waals surface area (Å²) in [6.07, 6.45) is 0. The van der Waals surface area contributed by atoms with Crippen molar-refractivity contribution in [3.8, 4) is 0 Å². The summed E-state index contributed by atoms with van der Waals surface area (Å²) in [6.45, 7) is 7.71. The van der Waals surface area contributed by atoms with Crippen molar-refractivity contribution < 1.29 is 4.79 Å². The Morgan fingerprint density at radius 1 is 1.00 bits per heavy atom. The highest BCUT2D eigenvalue weighted by molar-refractivity contribution is 6.02. The Hall–Kier alpha value is -2.99. The van der Waals surface area contributed by atoms with E-state index in [0.717, 1.165) is 60.0 Å². The third-order valence-corrected chi connectivity index (χ3v) is 5.08. The predicted molar refractivity (Wildman–Crippen MR) is 113 cm³/mol. The van der Waals surface area contributed by atoms with E-state index in [1.165, 1.54) is 0 Å². The molecule has 144 valence electrons. The zero-order valence-corrected chi connectivity index (χ0v) is 16.4. The van der Waals surface area contributed by atoms with Crippen molar-refractivity contribution in [1.82, 2.24) is 14.9 Å². The fraction of sp³-hybridized carbons (Fsp3) is 0.318. The fourth-order valence-electron chi connectivity index (χ4n) is 3.72. The van der Waals surface area contributed by atoms with E-state index in [9.17, 15) is 4.79 Å². The van der Waals surface area contributed by atoms with Crippen LogP contribution in [0, 0.1) is 13.8 Å². The summed E-state index contributed by atoms with van der Waals surface area (Å²) < 4.78 is 0. The maximum Gasteiger partial charge on any atom is 0.238 e. The first-order valence-corrected chi connectivity index (χ1v) is 9.66. The standard InChI is InChI=1S/C22H25N5O/c1-16-14-21(24-17(2)23-16)27-12-10-26(11-13-27)15-22(28)25-20-9-5-7-18-6-3-4-8-19(18)20/h3-9,14H,10-13,15H2,1-2H3,(H,25,28). The number of hydrogen-bond acceptors (Lipinski definition) is 5. The van der Waals surface area contributed by atoms with Gasteiger partial charge in [-0.15, -0.1) is 0 Å². The molecule has 0 aliphatic carbocycles. The molecule has 1 N–H and O–H groups in total. The minimum atomic E-state index is 0.0264. The summed E-state index contributed by atoms with van der Waals surface area (Å²) in [5.74, 6) is 1.80. The number of hydrogen-bond donors (Lipinski definition) is 1. The lowest BCUT2D eigenvalue weighted by molar-refractivity contribution is -0.117. The topological polar surface area (TPSA) is 61.4 Å². The monoisotopic (exact) mass is 375 g/mol. The largest absolute Gasteiger partial charge is 0.354 e. The number of piperazine rings is 1. The summed E-state index contributed by atoms with van der Waals surface area (Å²) >= 11 is 0. The number of nitrogens with zero attached hydrogens (tertiary/aromatic N) is 4.